The molecule has 2 aliphatic heterocycles. The van der Waals surface area contributed by atoms with E-state index in [1.54, 1.807) is 0 Å². The summed E-state index contributed by atoms with van der Waals surface area (Å²) in [6, 6.07) is 0.220. The van der Waals surface area contributed by atoms with E-state index in [1.807, 2.05) is 9.58 Å². The van der Waals surface area contributed by atoms with Crippen LogP contribution in [-0.2, 0) is 21.6 Å². The van der Waals surface area contributed by atoms with Crippen molar-refractivity contribution in [3.05, 3.63) is 18.5 Å². The van der Waals surface area contributed by atoms with Crippen LogP contribution in [0.25, 0.3) is 0 Å². The molecule has 2 unspecified atom stereocenters. The van der Waals surface area contributed by atoms with Crippen molar-refractivity contribution in [1.82, 2.24) is 30.4 Å². The number of carbonyl (C=O) groups is 1. The molecule has 1 N–H and O–H groups in total. The Bertz CT molecular complexity index is 609. The largest absolute Gasteiger partial charge is 0.381 e. The fourth-order valence-corrected chi connectivity index (χ4v) is 4.11. The Labute approximate surface area is 155 Å². The number of aromatic nitrogens is 4. The summed E-state index contributed by atoms with van der Waals surface area (Å²) in [7, 11) is 0. The van der Waals surface area contributed by atoms with E-state index in [0.29, 0.717) is 13.2 Å². The van der Waals surface area contributed by atoms with Crippen LogP contribution in [0.15, 0.2) is 12.7 Å². The molecule has 3 rings (SSSR count). The maximum absolute atomic E-state index is 12.0. The van der Waals surface area contributed by atoms with E-state index in [2.05, 4.69) is 34.3 Å². The summed E-state index contributed by atoms with van der Waals surface area (Å²) >= 11 is 0. The topological polar surface area (TPSA) is 85.2 Å². The summed E-state index contributed by atoms with van der Waals surface area (Å²) in [5.74, 6) is 0.905. The van der Waals surface area contributed by atoms with Gasteiger partial charge in [0.2, 0.25) is 5.91 Å². The normalized spacial score (nSPS) is 27.1. The van der Waals surface area contributed by atoms with E-state index < -0.39 is 0 Å². The van der Waals surface area contributed by atoms with Gasteiger partial charge in [0.15, 0.2) is 5.82 Å². The molecule has 2 aliphatic rings. The number of tetrazole rings is 1. The lowest BCUT2D eigenvalue weighted by molar-refractivity contribution is -0.127. The van der Waals surface area contributed by atoms with E-state index >= 15 is 0 Å². The minimum absolute atomic E-state index is 0.00515. The first-order chi connectivity index (χ1) is 12.7. The highest BCUT2D eigenvalue weighted by Crippen LogP contribution is 2.32. The first-order valence-electron chi connectivity index (χ1n) is 9.72. The predicted molar refractivity (Wildman–Crippen MR) is 97.4 cm³/mol. The van der Waals surface area contributed by atoms with Crippen LogP contribution >= 0.6 is 0 Å². The van der Waals surface area contributed by atoms with Crippen molar-refractivity contribution in [2.75, 3.05) is 26.3 Å². The summed E-state index contributed by atoms with van der Waals surface area (Å²) in [6.07, 6.45) is 7.15. The van der Waals surface area contributed by atoms with Gasteiger partial charge in [-0.3, -0.25) is 4.79 Å². The zero-order chi connectivity index (χ0) is 18.4. The lowest BCUT2D eigenvalue weighted by Crippen LogP contribution is -2.56. The third-order valence-electron chi connectivity index (χ3n) is 5.35. The number of nitrogens with one attached hydrogen (secondary N) is 1. The number of aryl methyl sites for hydroxylation is 1. The van der Waals surface area contributed by atoms with E-state index in [0.717, 1.165) is 64.0 Å². The van der Waals surface area contributed by atoms with Gasteiger partial charge in [0.25, 0.3) is 0 Å². The molecule has 2 saturated heterocycles. The molecule has 8 nitrogen and oxygen atoms in total. The van der Waals surface area contributed by atoms with Gasteiger partial charge in [-0.05, 0) is 55.0 Å². The molecule has 8 heteroatoms. The molecular weight excluding hydrogens is 332 g/mol. The van der Waals surface area contributed by atoms with Crippen molar-refractivity contribution in [1.29, 1.82) is 0 Å². The van der Waals surface area contributed by atoms with E-state index in [-0.39, 0.29) is 17.5 Å². The first-order valence-corrected chi connectivity index (χ1v) is 9.72. The van der Waals surface area contributed by atoms with Crippen LogP contribution in [0.4, 0.5) is 0 Å². The fourth-order valence-electron chi connectivity index (χ4n) is 4.11. The number of hydrogen-bond donors (Lipinski definition) is 1. The molecule has 26 heavy (non-hydrogen) atoms. The molecule has 2 atom stereocenters. The van der Waals surface area contributed by atoms with Gasteiger partial charge < -0.3 is 15.0 Å². The number of piperidine rings is 1. The Morgan fingerprint density at radius 1 is 1.42 bits per heavy atom. The molecule has 0 aromatic carbocycles. The Hall–Kier alpha value is -1.80. The van der Waals surface area contributed by atoms with Gasteiger partial charge in [-0.25, -0.2) is 4.68 Å². The van der Waals surface area contributed by atoms with Crippen molar-refractivity contribution in [3.63, 3.8) is 0 Å². The van der Waals surface area contributed by atoms with Gasteiger partial charge in [0, 0.05) is 38.9 Å². The van der Waals surface area contributed by atoms with Crippen LogP contribution in [0, 0.1) is 0 Å². The van der Waals surface area contributed by atoms with Crippen molar-refractivity contribution in [3.8, 4) is 0 Å². The maximum Gasteiger partial charge on any atom is 0.246 e. The first kappa shape index (κ1) is 19.0. The Morgan fingerprint density at radius 2 is 2.31 bits per heavy atom. The average Bonchev–Trinajstić information content (AvgIpc) is 3.01. The lowest BCUT2D eigenvalue weighted by Gasteiger charge is -2.40. The second-order valence-corrected chi connectivity index (χ2v) is 7.25. The summed E-state index contributed by atoms with van der Waals surface area (Å²) in [5.41, 5.74) is -0.305. The van der Waals surface area contributed by atoms with E-state index in [1.165, 1.54) is 6.08 Å². The average molecular weight is 362 g/mol. The zero-order valence-corrected chi connectivity index (χ0v) is 15.7. The number of rotatable bonds is 6. The van der Waals surface area contributed by atoms with E-state index in [4.69, 9.17) is 4.74 Å². The minimum atomic E-state index is -0.305. The molecular formula is C18H30N6O2. The van der Waals surface area contributed by atoms with Gasteiger partial charge >= 0.3 is 0 Å². The molecule has 0 bridgehead atoms. The second-order valence-electron chi connectivity index (χ2n) is 7.25. The summed E-state index contributed by atoms with van der Waals surface area (Å²) in [6.45, 7) is 9.50. The van der Waals surface area contributed by atoms with Crippen molar-refractivity contribution >= 4 is 5.91 Å². The van der Waals surface area contributed by atoms with Gasteiger partial charge in [-0.1, -0.05) is 13.5 Å². The molecule has 0 radical (unpaired) electrons. The monoisotopic (exact) mass is 362 g/mol. The maximum atomic E-state index is 12.0. The fraction of sp³-hybridized carbons (Fsp3) is 0.778. The molecule has 2 fully saturated rings. The van der Waals surface area contributed by atoms with Gasteiger partial charge in [-0.15, -0.1) is 5.10 Å². The minimum Gasteiger partial charge on any atom is -0.381 e. The second kappa shape index (κ2) is 8.73. The smallest absolute Gasteiger partial charge is 0.246 e. The number of hydrogen-bond acceptors (Lipinski definition) is 6. The van der Waals surface area contributed by atoms with Crippen molar-refractivity contribution < 1.29 is 9.53 Å². The highest BCUT2D eigenvalue weighted by molar-refractivity contribution is 5.87. The van der Waals surface area contributed by atoms with Crippen LogP contribution in [0.1, 0.15) is 51.3 Å². The molecule has 0 spiro atoms. The van der Waals surface area contributed by atoms with Crippen LogP contribution < -0.4 is 5.32 Å². The Kier molecular flexibility index (Phi) is 6.37. The van der Waals surface area contributed by atoms with Crippen LogP contribution in [0.3, 0.4) is 0 Å². The molecule has 1 aromatic heterocycles. The number of nitrogens with zero attached hydrogens (tertiary/aromatic N) is 5. The standard InChI is InChI=1S/C18H30N6O2/c1-3-10-24-17(20-21-22-24)18(8-6-12-26-13-9-18)19-15-7-5-11-23(14-15)16(25)4-2/h4,15,19H,2-3,5-14H2,1H3. The summed E-state index contributed by atoms with van der Waals surface area (Å²) in [4.78, 5) is 13.9. The van der Waals surface area contributed by atoms with Gasteiger partial charge in [0.1, 0.15) is 0 Å². The molecule has 1 amide bonds. The molecule has 0 aliphatic carbocycles. The van der Waals surface area contributed by atoms with E-state index in [9.17, 15) is 4.79 Å². The molecule has 0 saturated carbocycles. The number of likely N-dealkylation sites (tertiary alicyclic amines) is 1. The SMILES string of the molecule is C=CC(=O)N1CCCC(NC2(c3nnnn3CCC)CCCOCC2)C1. The number of carbonyl (C=O) groups excluding carboxylic acids is 1. The number of amides is 1. The van der Waals surface area contributed by atoms with Crippen molar-refractivity contribution in [2.45, 2.75) is 63.6 Å². The zero-order valence-electron chi connectivity index (χ0n) is 15.7. The quantitative estimate of drug-likeness (QED) is 0.767. The Balaban J connectivity index is 1.83. The summed E-state index contributed by atoms with van der Waals surface area (Å²) < 4.78 is 7.64. The number of ether oxygens (including phenoxy) is 1. The summed E-state index contributed by atoms with van der Waals surface area (Å²) in [5, 5.41) is 16.4. The molecule has 144 valence electrons. The van der Waals surface area contributed by atoms with Crippen LogP contribution in [-0.4, -0.2) is 63.4 Å². The highest BCUT2D eigenvalue weighted by atomic mass is 16.5. The third kappa shape index (κ3) is 4.12. The van der Waals surface area contributed by atoms with Crippen LogP contribution in [0.2, 0.25) is 0 Å². The highest BCUT2D eigenvalue weighted by Gasteiger charge is 2.40. The molecule has 1 aromatic rings. The lowest BCUT2D eigenvalue weighted by atomic mass is 9.87. The third-order valence-corrected chi connectivity index (χ3v) is 5.35. The Morgan fingerprint density at radius 3 is 3.12 bits per heavy atom. The van der Waals surface area contributed by atoms with Crippen molar-refractivity contribution in [2.24, 2.45) is 0 Å². The van der Waals surface area contributed by atoms with Gasteiger partial charge in [-0.2, -0.15) is 0 Å². The predicted octanol–water partition coefficient (Wildman–Crippen LogP) is 1.25. The molecule has 3 heterocycles. The van der Waals surface area contributed by atoms with Crippen LogP contribution in [0.5, 0.6) is 0 Å². The van der Waals surface area contributed by atoms with Gasteiger partial charge in [0.05, 0.1) is 5.54 Å².